The van der Waals surface area contributed by atoms with Gasteiger partial charge in [-0.2, -0.15) is 13.2 Å². The predicted octanol–water partition coefficient (Wildman–Crippen LogP) is 4.64. The fourth-order valence-corrected chi connectivity index (χ4v) is 4.89. The second-order valence-electron chi connectivity index (χ2n) is 8.48. The molecule has 0 saturated carbocycles. The molecule has 0 unspecified atom stereocenters. The van der Waals surface area contributed by atoms with E-state index >= 15 is 0 Å². The molecule has 0 aliphatic carbocycles. The number of primary amides is 1. The van der Waals surface area contributed by atoms with Crippen molar-refractivity contribution in [1.82, 2.24) is 9.97 Å². The lowest BCUT2D eigenvalue weighted by molar-refractivity contribution is -0.275. The Bertz CT molecular complexity index is 1390. The number of carbonyl (C=O) groups excluding carboxylic acids is 1. The maximum atomic E-state index is 14.2. The third-order valence-electron chi connectivity index (χ3n) is 6.61. The number of hydrogen-bond acceptors (Lipinski definition) is 5. The van der Waals surface area contributed by atoms with Crippen LogP contribution in [0.2, 0.25) is 5.02 Å². The van der Waals surface area contributed by atoms with E-state index < -0.39 is 46.9 Å². The standard InChI is InChI=1S/C23H20ClF4N3O4/c1-9-15(10-4-5-11(25)17(24)19(10)34-3)20(35-22(9,2)23(26,27)28)13-8-14(32)16-12(31-13)6-7-30-18(16)21(29)33/h4-9,15,20H,1-3H3,(H2,29,33)(H,31,32)/t9-,15-,20-,22+/m0/s1. The van der Waals surface area contributed by atoms with Crippen molar-refractivity contribution in [3.8, 4) is 5.75 Å². The van der Waals surface area contributed by atoms with E-state index in [1.165, 1.54) is 32.4 Å². The summed E-state index contributed by atoms with van der Waals surface area (Å²) in [4.78, 5) is 31.4. The van der Waals surface area contributed by atoms with Gasteiger partial charge in [-0.3, -0.25) is 14.6 Å². The fourth-order valence-electron chi connectivity index (χ4n) is 4.64. The van der Waals surface area contributed by atoms with Gasteiger partial charge in [-0.15, -0.1) is 0 Å². The molecule has 1 saturated heterocycles. The first kappa shape index (κ1) is 24.9. The van der Waals surface area contributed by atoms with E-state index in [0.29, 0.717) is 0 Å². The highest BCUT2D eigenvalue weighted by atomic mass is 35.5. The molecule has 0 bridgehead atoms. The van der Waals surface area contributed by atoms with Gasteiger partial charge in [0.25, 0.3) is 5.91 Å². The lowest BCUT2D eigenvalue weighted by atomic mass is 9.76. The minimum absolute atomic E-state index is 0.0106. The zero-order chi connectivity index (χ0) is 25.9. The second kappa shape index (κ2) is 8.49. The number of nitrogens with one attached hydrogen (secondary N) is 1. The first-order chi connectivity index (χ1) is 16.3. The highest BCUT2D eigenvalue weighted by molar-refractivity contribution is 6.32. The monoisotopic (exact) mass is 513 g/mol. The first-order valence-corrected chi connectivity index (χ1v) is 10.8. The van der Waals surface area contributed by atoms with E-state index in [4.69, 9.17) is 26.8 Å². The number of nitrogens with two attached hydrogens (primary N) is 1. The molecular weight excluding hydrogens is 494 g/mol. The summed E-state index contributed by atoms with van der Waals surface area (Å²) in [5.74, 6) is -4.14. The molecule has 3 aromatic rings. The number of amides is 1. The number of alkyl halides is 3. The third-order valence-corrected chi connectivity index (χ3v) is 6.97. The average molecular weight is 514 g/mol. The molecule has 1 amide bonds. The quantitative estimate of drug-likeness (QED) is 0.494. The van der Waals surface area contributed by atoms with Crippen molar-refractivity contribution in [3.63, 3.8) is 0 Å². The van der Waals surface area contributed by atoms with E-state index in [-0.39, 0.29) is 38.6 Å². The Balaban J connectivity index is 1.98. The molecule has 0 spiro atoms. The summed E-state index contributed by atoms with van der Waals surface area (Å²) in [6.07, 6.45) is -4.88. The smallest absolute Gasteiger partial charge is 0.417 e. The maximum absolute atomic E-state index is 14.2. The van der Waals surface area contributed by atoms with Crippen LogP contribution in [0.3, 0.4) is 0 Å². The molecule has 4 atom stereocenters. The molecule has 4 rings (SSSR count). The Labute approximate surface area is 201 Å². The van der Waals surface area contributed by atoms with Gasteiger partial charge in [0.2, 0.25) is 0 Å². The Morgan fingerprint density at radius 2 is 2.00 bits per heavy atom. The van der Waals surface area contributed by atoms with Gasteiger partial charge in [0, 0.05) is 35.4 Å². The van der Waals surface area contributed by atoms with Crippen molar-refractivity contribution in [2.45, 2.75) is 37.6 Å². The molecule has 3 N–H and O–H groups in total. The number of carbonyl (C=O) groups is 1. The van der Waals surface area contributed by atoms with Crippen LogP contribution in [0.25, 0.3) is 10.9 Å². The van der Waals surface area contributed by atoms with Gasteiger partial charge >= 0.3 is 6.18 Å². The van der Waals surface area contributed by atoms with E-state index in [1.807, 2.05) is 0 Å². The van der Waals surface area contributed by atoms with Gasteiger partial charge in [-0.1, -0.05) is 24.6 Å². The number of rotatable bonds is 4. The van der Waals surface area contributed by atoms with Gasteiger partial charge in [0.1, 0.15) is 28.4 Å². The van der Waals surface area contributed by atoms with Crippen molar-refractivity contribution in [2.24, 2.45) is 11.7 Å². The number of ether oxygens (including phenoxy) is 2. The van der Waals surface area contributed by atoms with Crippen LogP contribution in [0.1, 0.15) is 47.6 Å². The molecule has 186 valence electrons. The van der Waals surface area contributed by atoms with Crippen LogP contribution in [0.15, 0.2) is 35.3 Å². The number of nitrogens with zero attached hydrogens (tertiary/aromatic N) is 1. The SMILES string of the molecule is COc1c([C@H]2[C@H](c3cc(=O)c4c(C(N)=O)nccc4[nH]3)O[C@@](C)(C(F)(F)F)[C@H]2C)ccc(F)c1Cl. The molecule has 35 heavy (non-hydrogen) atoms. The van der Waals surface area contributed by atoms with E-state index in [0.717, 1.165) is 19.1 Å². The van der Waals surface area contributed by atoms with Crippen molar-refractivity contribution < 1.29 is 31.8 Å². The van der Waals surface area contributed by atoms with Gasteiger partial charge < -0.3 is 20.2 Å². The van der Waals surface area contributed by atoms with Gasteiger partial charge in [0.05, 0.1) is 18.0 Å². The minimum Gasteiger partial charge on any atom is -0.495 e. The second-order valence-corrected chi connectivity index (χ2v) is 8.85. The third kappa shape index (κ3) is 3.82. The highest BCUT2D eigenvalue weighted by Crippen LogP contribution is 2.59. The number of fused-ring (bicyclic) bond motifs is 1. The van der Waals surface area contributed by atoms with E-state index in [9.17, 15) is 27.2 Å². The number of halogens is 5. The molecule has 1 aliphatic heterocycles. The van der Waals surface area contributed by atoms with Crippen LogP contribution in [-0.4, -0.2) is 34.8 Å². The van der Waals surface area contributed by atoms with Crippen LogP contribution in [-0.2, 0) is 4.74 Å². The van der Waals surface area contributed by atoms with E-state index in [1.54, 1.807) is 0 Å². The minimum atomic E-state index is -4.78. The van der Waals surface area contributed by atoms with Crippen LogP contribution in [0, 0.1) is 11.7 Å². The van der Waals surface area contributed by atoms with Gasteiger partial charge in [0.15, 0.2) is 11.0 Å². The Morgan fingerprint density at radius 1 is 1.31 bits per heavy atom. The summed E-state index contributed by atoms with van der Waals surface area (Å²) in [6.45, 7) is 2.26. The Morgan fingerprint density at radius 3 is 2.60 bits per heavy atom. The van der Waals surface area contributed by atoms with Crippen LogP contribution < -0.4 is 15.9 Å². The van der Waals surface area contributed by atoms with Gasteiger partial charge in [-0.25, -0.2) is 4.39 Å². The highest BCUT2D eigenvalue weighted by Gasteiger charge is 2.65. The lowest BCUT2D eigenvalue weighted by Gasteiger charge is -2.32. The average Bonchev–Trinajstić information content (AvgIpc) is 3.06. The molecular formula is C23H20ClF4N3O4. The van der Waals surface area contributed by atoms with Crippen LogP contribution in [0.4, 0.5) is 17.6 Å². The molecule has 12 heteroatoms. The summed E-state index contributed by atoms with van der Waals surface area (Å²) in [5, 5.41) is -0.493. The molecule has 7 nitrogen and oxygen atoms in total. The number of benzene rings is 1. The number of methoxy groups -OCH3 is 1. The largest absolute Gasteiger partial charge is 0.495 e. The molecule has 1 aromatic carbocycles. The van der Waals surface area contributed by atoms with Gasteiger partial charge in [-0.05, 0) is 19.1 Å². The zero-order valence-electron chi connectivity index (χ0n) is 18.7. The summed E-state index contributed by atoms with van der Waals surface area (Å²) in [5.41, 5.74) is 2.04. The molecule has 3 heterocycles. The number of aromatic nitrogens is 2. The van der Waals surface area contributed by atoms with Crippen molar-refractivity contribution >= 4 is 28.4 Å². The Kier molecular flexibility index (Phi) is 6.05. The van der Waals surface area contributed by atoms with Crippen LogP contribution >= 0.6 is 11.6 Å². The zero-order valence-corrected chi connectivity index (χ0v) is 19.4. The summed E-state index contributed by atoms with van der Waals surface area (Å²) >= 11 is 6.06. The normalized spacial score (nSPS) is 24.6. The lowest BCUT2D eigenvalue weighted by Crippen LogP contribution is -2.46. The topological polar surface area (TPSA) is 107 Å². The number of hydrogen-bond donors (Lipinski definition) is 2. The Hall–Kier alpha value is -3.18. The maximum Gasteiger partial charge on any atom is 0.417 e. The number of pyridine rings is 2. The first-order valence-electron chi connectivity index (χ1n) is 10.4. The molecule has 1 aliphatic rings. The predicted molar refractivity (Wildman–Crippen MR) is 119 cm³/mol. The summed E-state index contributed by atoms with van der Waals surface area (Å²) in [7, 11) is 1.22. The molecule has 1 fully saturated rings. The number of H-pyrrole nitrogens is 1. The molecule has 0 radical (unpaired) electrons. The molecule has 2 aromatic heterocycles. The van der Waals surface area contributed by atoms with Crippen molar-refractivity contribution in [2.75, 3.05) is 7.11 Å². The van der Waals surface area contributed by atoms with E-state index in [2.05, 4.69) is 9.97 Å². The van der Waals surface area contributed by atoms with Crippen LogP contribution in [0.5, 0.6) is 5.75 Å². The number of aromatic amines is 1. The van der Waals surface area contributed by atoms with Crippen molar-refractivity contribution in [1.29, 1.82) is 0 Å². The fraction of sp³-hybridized carbons (Fsp3) is 0.348. The summed E-state index contributed by atoms with van der Waals surface area (Å²) < 4.78 is 67.6. The summed E-state index contributed by atoms with van der Waals surface area (Å²) in [6, 6.07) is 4.74. The van der Waals surface area contributed by atoms with Crippen molar-refractivity contribution in [3.05, 3.63) is 68.5 Å².